The Morgan fingerprint density at radius 2 is 2.03 bits per heavy atom. The zero-order chi connectivity index (χ0) is 20.9. The molecular formula is C23H24N4O2S. The van der Waals surface area contributed by atoms with Crippen LogP contribution in [0.2, 0.25) is 0 Å². The topological polar surface area (TPSA) is 72.8 Å². The van der Waals surface area contributed by atoms with Gasteiger partial charge in [0.25, 0.3) is 0 Å². The van der Waals surface area contributed by atoms with E-state index in [9.17, 15) is 4.79 Å². The van der Waals surface area contributed by atoms with Gasteiger partial charge >= 0.3 is 0 Å². The molecule has 0 amide bonds. The molecule has 154 valence electrons. The second kappa shape index (κ2) is 9.28. The number of hydrogen-bond acceptors (Lipinski definition) is 5. The Labute approximate surface area is 179 Å². The van der Waals surface area contributed by atoms with E-state index in [2.05, 4.69) is 28.2 Å². The van der Waals surface area contributed by atoms with Gasteiger partial charge in [-0.3, -0.25) is 4.79 Å². The molecule has 4 aromatic rings. The number of hydrogen-bond donors (Lipinski definition) is 1. The molecule has 0 fully saturated rings. The van der Waals surface area contributed by atoms with E-state index in [1.54, 1.807) is 13.4 Å². The van der Waals surface area contributed by atoms with Gasteiger partial charge in [-0.2, -0.15) is 0 Å². The Balaban J connectivity index is 1.72. The standard InChI is InChI=1S/C23H24N4O2S/c1-3-16-10-7-11-18-19(14-24-20(16)18)21(28)22(17-8-5-4-6-9-17)30-23-26-25-15-27(23)12-13-29-2/h4-11,14-15,22,24H,3,12-13H2,1-2H3. The number of nitrogens with one attached hydrogen (secondary N) is 1. The number of thioether (sulfide) groups is 1. The quantitative estimate of drug-likeness (QED) is 0.314. The monoisotopic (exact) mass is 420 g/mol. The average Bonchev–Trinajstić information content (AvgIpc) is 3.42. The molecule has 30 heavy (non-hydrogen) atoms. The summed E-state index contributed by atoms with van der Waals surface area (Å²) in [6, 6.07) is 15.9. The molecule has 0 saturated carbocycles. The molecule has 1 atom stereocenters. The minimum Gasteiger partial charge on any atom is -0.383 e. The molecule has 0 aliphatic rings. The lowest BCUT2D eigenvalue weighted by molar-refractivity contribution is 0.0991. The number of rotatable bonds is 9. The molecule has 2 heterocycles. The Bertz CT molecular complexity index is 1140. The van der Waals surface area contributed by atoms with Crippen molar-refractivity contribution in [1.29, 1.82) is 0 Å². The summed E-state index contributed by atoms with van der Waals surface area (Å²) in [5.41, 5.74) is 3.87. The number of fused-ring (bicyclic) bond motifs is 1. The normalized spacial score (nSPS) is 12.3. The van der Waals surface area contributed by atoms with Crippen molar-refractivity contribution in [1.82, 2.24) is 19.7 Å². The molecule has 0 bridgehead atoms. The molecule has 1 unspecified atom stereocenters. The van der Waals surface area contributed by atoms with Crippen LogP contribution in [0, 0.1) is 0 Å². The minimum absolute atomic E-state index is 0.0481. The van der Waals surface area contributed by atoms with E-state index < -0.39 is 5.25 Å². The fraction of sp³-hybridized carbons (Fsp3) is 0.261. The van der Waals surface area contributed by atoms with Gasteiger partial charge in [-0.1, -0.05) is 67.2 Å². The number of carbonyl (C=O) groups is 1. The van der Waals surface area contributed by atoms with Crippen molar-refractivity contribution in [3.05, 3.63) is 77.7 Å². The van der Waals surface area contributed by atoms with Gasteiger partial charge in [0.2, 0.25) is 0 Å². The Hall–Kier alpha value is -2.90. The number of H-pyrrole nitrogens is 1. The molecule has 2 aromatic carbocycles. The molecule has 6 nitrogen and oxygen atoms in total. The summed E-state index contributed by atoms with van der Waals surface area (Å²) in [4.78, 5) is 17.1. The van der Waals surface area contributed by atoms with Crippen molar-refractivity contribution in [2.45, 2.75) is 30.3 Å². The smallest absolute Gasteiger partial charge is 0.192 e. The van der Waals surface area contributed by atoms with Gasteiger partial charge in [-0.25, -0.2) is 0 Å². The number of aromatic nitrogens is 4. The number of methoxy groups -OCH3 is 1. The third-order valence-electron chi connectivity index (χ3n) is 5.13. The van der Waals surface area contributed by atoms with Gasteiger partial charge in [-0.05, 0) is 17.5 Å². The number of carbonyl (C=O) groups excluding carboxylic acids is 1. The van der Waals surface area contributed by atoms with Crippen LogP contribution in [0.25, 0.3) is 10.9 Å². The van der Waals surface area contributed by atoms with Crippen LogP contribution in [0.1, 0.15) is 33.7 Å². The fourth-order valence-electron chi connectivity index (χ4n) is 3.54. The number of ketones is 1. The first-order chi connectivity index (χ1) is 14.7. The third-order valence-corrected chi connectivity index (χ3v) is 6.38. The first-order valence-corrected chi connectivity index (χ1v) is 10.8. The number of ether oxygens (including phenoxy) is 1. The number of Topliss-reactive ketones (excluding diaryl/α,β-unsaturated/α-hetero) is 1. The zero-order valence-electron chi connectivity index (χ0n) is 17.0. The van der Waals surface area contributed by atoms with Crippen molar-refractivity contribution in [2.75, 3.05) is 13.7 Å². The van der Waals surface area contributed by atoms with E-state index >= 15 is 0 Å². The lowest BCUT2D eigenvalue weighted by Gasteiger charge is -2.16. The lowest BCUT2D eigenvalue weighted by atomic mass is 10.0. The number of para-hydroxylation sites is 1. The van der Waals surface area contributed by atoms with E-state index in [0.29, 0.717) is 23.9 Å². The Morgan fingerprint density at radius 1 is 1.20 bits per heavy atom. The van der Waals surface area contributed by atoms with Crippen LogP contribution in [0.15, 0.2) is 66.2 Å². The first-order valence-electron chi connectivity index (χ1n) is 9.94. The van der Waals surface area contributed by atoms with Crippen molar-refractivity contribution < 1.29 is 9.53 Å². The van der Waals surface area contributed by atoms with Gasteiger partial charge in [0.05, 0.1) is 6.61 Å². The van der Waals surface area contributed by atoms with Crippen LogP contribution in [0.4, 0.5) is 0 Å². The maximum absolute atomic E-state index is 13.7. The third kappa shape index (κ3) is 4.04. The molecule has 0 aliphatic heterocycles. The highest BCUT2D eigenvalue weighted by Crippen LogP contribution is 2.38. The van der Waals surface area contributed by atoms with Crippen LogP contribution in [-0.4, -0.2) is 39.2 Å². The second-order valence-corrected chi connectivity index (χ2v) is 8.04. The fourth-order valence-corrected chi connectivity index (χ4v) is 4.65. The van der Waals surface area contributed by atoms with E-state index in [1.807, 2.05) is 53.2 Å². The Morgan fingerprint density at radius 3 is 2.80 bits per heavy atom. The highest BCUT2D eigenvalue weighted by atomic mass is 32.2. The summed E-state index contributed by atoms with van der Waals surface area (Å²) in [6.07, 6.45) is 4.41. The molecule has 2 aromatic heterocycles. The molecule has 7 heteroatoms. The van der Waals surface area contributed by atoms with Crippen LogP contribution in [-0.2, 0) is 17.7 Å². The van der Waals surface area contributed by atoms with Crippen LogP contribution in [0.3, 0.4) is 0 Å². The second-order valence-electron chi connectivity index (χ2n) is 6.97. The summed E-state index contributed by atoms with van der Waals surface area (Å²) in [7, 11) is 1.66. The lowest BCUT2D eigenvalue weighted by Crippen LogP contribution is -2.12. The molecule has 0 saturated heterocycles. The van der Waals surface area contributed by atoms with Gasteiger partial charge in [0.15, 0.2) is 10.9 Å². The highest BCUT2D eigenvalue weighted by molar-refractivity contribution is 8.00. The molecule has 0 spiro atoms. The van der Waals surface area contributed by atoms with Crippen LogP contribution in [0.5, 0.6) is 0 Å². The van der Waals surface area contributed by atoms with Gasteiger partial charge in [0.1, 0.15) is 11.6 Å². The molecule has 1 N–H and O–H groups in total. The van der Waals surface area contributed by atoms with E-state index in [-0.39, 0.29) is 5.78 Å². The summed E-state index contributed by atoms with van der Waals surface area (Å²) in [5, 5.41) is 9.51. The predicted molar refractivity (Wildman–Crippen MR) is 119 cm³/mol. The number of aryl methyl sites for hydroxylation is 1. The van der Waals surface area contributed by atoms with Crippen molar-refractivity contribution >= 4 is 28.4 Å². The average molecular weight is 421 g/mol. The summed E-state index contributed by atoms with van der Waals surface area (Å²) in [6.45, 7) is 3.30. The summed E-state index contributed by atoms with van der Waals surface area (Å²) >= 11 is 1.42. The van der Waals surface area contributed by atoms with Crippen LogP contribution >= 0.6 is 11.8 Å². The molecular weight excluding hydrogens is 396 g/mol. The minimum atomic E-state index is -0.430. The Kier molecular flexibility index (Phi) is 6.30. The number of aromatic amines is 1. The first kappa shape index (κ1) is 20.4. The van der Waals surface area contributed by atoms with E-state index in [1.165, 1.54) is 17.3 Å². The highest BCUT2D eigenvalue weighted by Gasteiger charge is 2.27. The number of nitrogens with zero attached hydrogens (tertiary/aromatic N) is 3. The molecule has 0 aliphatic carbocycles. The summed E-state index contributed by atoms with van der Waals surface area (Å²) in [5.74, 6) is 0.0481. The summed E-state index contributed by atoms with van der Waals surface area (Å²) < 4.78 is 7.10. The maximum atomic E-state index is 13.7. The number of benzene rings is 2. The zero-order valence-corrected chi connectivity index (χ0v) is 17.9. The largest absolute Gasteiger partial charge is 0.383 e. The van der Waals surface area contributed by atoms with E-state index in [4.69, 9.17) is 4.74 Å². The maximum Gasteiger partial charge on any atom is 0.192 e. The van der Waals surface area contributed by atoms with Crippen molar-refractivity contribution in [3.63, 3.8) is 0 Å². The van der Waals surface area contributed by atoms with Crippen molar-refractivity contribution in [3.8, 4) is 0 Å². The van der Waals surface area contributed by atoms with Gasteiger partial charge < -0.3 is 14.3 Å². The predicted octanol–water partition coefficient (Wildman–Crippen LogP) is 4.68. The van der Waals surface area contributed by atoms with E-state index in [0.717, 1.165) is 22.9 Å². The van der Waals surface area contributed by atoms with Crippen molar-refractivity contribution in [2.24, 2.45) is 0 Å². The van der Waals surface area contributed by atoms with Gasteiger partial charge in [-0.15, -0.1) is 10.2 Å². The van der Waals surface area contributed by atoms with Crippen LogP contribution < -0.4 is 0 Å². The SMILES string of the molecule is CCc1cccc2c(C(=O)C(Sc3nncn3CCOC)c3ccccc3)c[nH]c12. The molecule has 4 rings (SSSR count). The van der Waals surface area contributed by atoms with Gasteiger partial charge in [0, 0.05) is 36.3 Å². The molecule has 0 radical (unpaired) electrons.